The summed E-state index contributed by atoms with van der Waals surface area (Å²) < 4.78 is 2.72. The van der Waals surface area contributed by atoms with Gasteiger partial charge >= 0.3 is 0 Å². The van der Waals surface area contributed by atoms with Gasteiger partial charge in [0, 0.05) is 29.7 Å². The molecule has 1 saturated heterocycles. The van der Waals surface area contributed by atoms with E-state index < -0.39 is 0 Å². The monoisotopic (exact) mass is 354 g/mol. The molecule has 25 heavy (non-hydrogen) atoms. The van der Waals surface area contributed by atoms with Crippen LogP contribution in [-0.2, 0) is 6.54 Å². The van der Waals surface area contributed by atoms with Crippen LogP contribution >= 0.6 is 11.3 Å². The molecular formula is C20H22N2O2S. The maximum atomic E-state index is 12.9. The third-order valence-corrected chi connectivity index (χ3v) is 6.27. The first-order valence-electron chi connectivity index (χ1n) is 8.94. The van der Waals surface area contributed by atoms with E-state index in [-0.39, 0.29) is 11.5 Å². The van der Waals surface area contributed by atoms with Crippen LogP contribution in [0.1, 0.15) is 36.4 Å². The minimum absolute atomic E-state index is 0.00138. The van der Waals surface area contributed by atoms with Crippen molar-refractivity contribution in [2.75, 3.05) is 13.1 Å². The summed E-state index contributed by atoms with van der Waals surface area (Å²) in [5.41, 5.74) is 0.938. The lowest BCUT2D eigenvalue weighted by atomic mass is 10.0. The summed E-state index contributed by atoms with van der Waals surface area (Å²) in [5.74, 6) is 0.615. The highest BCUT2D eigenvalue weighted by molar-refractivity contribution is 7.21. The number of aryl methyl sites for hydroxylation is 1. The number of amides is 1. The maximum absolute atomic E-state index is 12.9. The van der Waals surface area contributed by atoms with Gasteiger partial charge < -0.3 is 9.47 Å². The highest BCUT2D eigenvalue weighted by atomic mass is 32.1. The lowest BCUT2D eigenvalue weighted by Gasteiger charge is -2.30. The Morgan fingerprint density at radius 1 is 1.28 bits per heavy atom. The van der Waals surface area contributed by atoms with Crippen LogP contribution in [0.2, 0.25) is 0 Å². The predicted molar refractivity (Wildman–Crippen MR) is 104 cm³/mol. The van der Waals surface area contributed by atoms with Crippen molar-refractivity contribution < 1.29 is 4.79 Å². The molecule has 1 amide bonds. The van der Waals surface area contributed by atoms with Crippen LogP contribution in [0, 0.1) is 5.92 Å². The van der Waals surface area contributed by atoms with E-state index in [1.807, 2.05) is 42.2 Å². The number of rotatable bonds is 2. The summed E-state index contributed by atoms with van der Waals surface area (Å²) in [7, 11) is 0. The fraction of sp³-hybridized carbons (Fsp3) is 0.400. The number of hydrogen-bond acceptors (Lipinski definition) is 3. The van der Waals surface area contributed by atoms with Crippen molar-refractivity contribution >= 4 is 38.2 Å². The van der Waals surface area contributed by atoms with Crippen LogP contribution in [0.3, 0.4) is 0 Å². The molecule has 3 heterocycles. The van der Waals surface area contributed by atoms with Gasteiger partial charge in [-0.25, -0.2) is 0 Å². The topological polar surface area (TPSA) is 42.3 Å². The molecule has 3 aromatic rings. The molecule has 4 rings (SSSR count). The molecule has 0 bridgehead atoms. The van der Waals surface area contributed by atoms with Gasteiger partial charge in [-0.1, -0.05) is 25.1 Å². The second-order valence-corrected chi connectivity index (χ2v) is 7.97. The average molecular weight is 354 g/mol. The SMILES string of the molecule is CCn1c(=O)c2cc(C(=O)N3CCCC(C)C3)sc2c2ccccc21. The number of carbonyl (C=O) groups excluding carboxylic acids is 1. The average Bonchev–Trinajstić information content (AvgIpc) is 3.07. The highest BCUT2D eigenvalue weighted by Gasteiger charge is 2.24. The van der Waals surface area contributed by atoms with E-state index in [0.717, 1.165) is 35.1 Å². The number of benzene rings is 1. The lowest BCUT2D eigenvalue weighted by molar-refractivity contribution is 0.0688. The van der Waals surface area contributed by atoms with E-state index in [0.29, 0.717) is 22.7 Å². The van der Waals surface area contributed by atoms with Gasteiger partial charge in [0.1, 0.15) is 0 Å². The number of thiophene rings is 1. The van der Waals surface area contributed by atoms with Crippen molar-refractivity contribution in [1.82, 2.24) is 9.47 Å². The van der Waals surface area contributed by atoms with Crippen molar-refractivity contribution in [3.8, 4) is 0 Å². The van der Waals surface area contributed by atoms with Gasteiger partial charge in [0.05, 0.1) is 15.8 Å². The summed E-state index contributed by atoms with van der Waals surface area (Å²) in [5, 5.41) is 1.72. The quantitative estimate of drug-likeness (QED) is 0.695. The molecule has 1 atom stereocenters. The highest BCUT2D eigenvalue weighted by Crippen LogP contribution is 2.32. The van der Waals surface area contributed by atoms with E-state index in [1.54, 1.807) is 4.57 Å². The molecule has 0 spiro atoms. The predicted octanol–water partition coefficient (Wildman–Crippen LogP) is 4.11. The molecule has 2 aromatic heterocycles. The second kappa shape index (κ2) is 6.30. The van der Waals surface area contributed by atoms with Crippen LogP contribution < -0.4 is 5.56 Å². The van der Waals surface area contributed by atoms with Crippen molar-refractivity contribution in [2.24, 2.45) is 5.92 Å². The molecule has 5 heteroatoms. The lowest BCUT2D eigenvalue weighted by Crippen LogP contribution is -2.38. The number of pyridine rings is 1. The van der Waals surface area contributed by atoms with Gasteiger partial charge in [-0.15, -0.1) is 11.3 Å². The number of fused-ring (bicyclic) bond motifs is 3. The zero-order valence-electron chi connectivity index (χ0n) is 14.6. The fourth-order valence-corrected chi connectivity index (χ4v) is 5.01. The molecule has 1 aliphatic rings. The maximum Gasteiger partial charge on any atom is 0.263 e. The number of carbonyl (C=O) groups is 1. The van der Waals surface area contributed by atoms with E-state index in [1.165, 1.54) is 17.8 Å². The van der Waals surface area contributed by atoms with Crippen LogP contribution in [0.4, 0.5) is 0 Å². The number of likely N-dealkylation sites (tertiary alicyclic amines) is 1. The van der Waals surface area contributed by atoms with Gasteiger partial charge in [0.15, 0.2) is 0 Å². The van der Waals surface area contributed by atoms with Gasteiger partial charge in [0.2, 0.25) is 0 Å². The Bertz CT molecular complexity index is 1020. The van der Waals surface area contributed by atoms with E-state index in [9.17, 15) is 9.59 Å². The molecular weight excluding hydrogens is 332 g/mol. The Balaban J connectivity index is 1.88. The summed E-state index contributed by atoms with van der Waals surface area (Å²) in [6, 6.07) is 9.76. The molecule has 1 fully saturated rings. The molecule has 130 valence electrons. The molecule has 0 aliphatic carbocycles. The summed E-state index contributed by atoms with van der Waals surface area (Å²) in [6.45, 7) is 6.42. The summed E-state index contributed by atoms with van der Waals surface area (Å²) in [4.78, 5) is 28.5. The molecule has 1 aliphatic heterocycles. The smallest absolute Gasteiger partial charge is 0.263 e. The van der Waals surface area contributed by atoms with Crippen molar-refractivity contribution in [3.63, 3.8) is 0 Å². The standard InChI is InChI=1S/C20H22N2O2S/c1-3-22-16-9-5-4-8-14(16)18-15(19(22)23)11-17(25-18)20(24)21-10-6-7-13(2)12-21/h4-5,8-9,11,13H,3,6-7,10,12H2,1-2H3. The summed E-state index contributed by atoms with van der Waals surface area (Å²) >= 11 is 1.46. The first kappa shape index (κ1) is 16.3. The molecule has 1 unspecified atom stereocenters. The van der Waals surface area contributed by atoms with Gasteiger partial charge in [-0.2, -0.15) is 0 Å². The second-order valence-electron chi connectivity index (χ2n) is 6.92. The minimum Gasteiger partial charge on any atom is -0.338 e. The third-order valence-electron chi connectivity index (χ3n) is 5.12. The molecule has 0 radical (unpaired) electrons. The number of aromatic nitrogens is 1. The van der Waals surface area contributed by atoms with Crippen LogP contribution in [0.15, 0.2) is 35.1 Å². The fourth-order valence-electron chi connectivity index (χ4n) is 3.85. The zero-order valence-corrected chi connectivity index (χ0v) is 15.4. The van der Waals surface area contributed by atoms with Crippen molar-refractivity contribution in [2.45, 2.75) is 33.2 Å². The largest absolute Gasteiger partial charge is 0.338 e. The number of piperidine rings is 1. The van der Waals surface area contributed by atoms with E-state index in [4.69, 9.17) is 0 Å². The minimum atomic E-state index is -0.00138. The third kappa shape index (κ3) is 2.67. The van der Waals surface area contributed by atoms with Crippen LogP contribution in [-0.4, -0.2) is 28.5 Å². The Labute approximate surface area is 150 Å². The Kier molecular flexibility index (Phi) is 4.12. The van der Waals surface area contributed by atoms with E-state index >= 15 is 0 Å². The Morgan fingerprint density at radius 2 is 2.08 bits per heavy atom. The van der Waals surface area contributed by atoms with Gasteiger partial charge in [0.25, 0.3) is 11.5 Å². The molecule has 1 aromatic carbocycles. The number of nitrogens with zero attached hydrogens (tertiary/aromatic N) is 2. The normalized spacial score (nSPS) is 18.2. The molecule has 0 saturated carbocycles. The number of para-hydroxylation sites is 1. The number of hydrogen-bond donors (Lipinski definition) is 0. The van der Waals surface area contributed by atoms with Gasteiger partial charge in [-0.3, -0.25) is 9.59 Å². The Hall–Kier alpha value is -2.14. The Morgan fingerprint density at radius 3 is 2.84 bits per heavy atom. The van der Waals surface area contributed by atoms with Gasteiger partial charge in [-0.05, 0) is 37.8 Å². The first-order chi connectivity index (χ1) is 12.1. The summed E-state index contributed by atoms with van der Waals surface area (Å²) in [6.07, 6.45) is 2.24. The first-order valence-corrected chi connectivity index (χ1v) is 9.76. The van der Waals surface area contributed by atoms with Crippen LogP contribution in [0.5, 0.6) is 0 Å². The van der Waals surface area contributed by atoms with E-state index in [2.05, 4.69) is 6.92 Å². The zero-order chi connectivity index (χ0) is 17.6. The van der Waals surface area contributed by atoms with Crippen LogP contribution in [0.25, 0.3) is 21.0 Å². The van der Waals surface area contributed by atoms with Crippen molar-refractivity contribution in [1.29, 1.82) is 0 Å². The van der Waals surface area contributed by atoms with Crippen molar-refractivity contribution in [3.05, 3.63) is 45.6 Å². The molecule has 0 N–H and O–H groups in total. The molecule has 4 nitrogen and oxygen atoms in total.